The van der Waals surface area contributed by atoms with Crippen molar-refractivity contribution >= 4 is 49.6 Å². The minimum atomic E-state index is -2.93. The second-order valence-corrected chi connectivity index (χ2v) is 17.5. The molecule has 3 aromatic rings. The molecule has 1 unspecified atom stereocenters. The van der Waals surface area contributed by atoms with Crippen molar-refractivity contribution in [1.82, 2.24) is 9.55 Å². The van der Waals surface area contributed by atoms with E-state index in [4.69, 9.17) is 39.4 Å². The molecule has 1 aliphatic rings. The number of nitriles is 1. The van der Waals surface area contributed by atoms with Crippen molar-refractivity contribution in [3.8, 4) is 6.07 Å². The second-order valence-electron chi connectivity index (χ2n) is 11.5. The summed E-state index contributed by atoms with van der Waals surface area (Å²) >= 11 is 6.43. The molecule has 14 heteroatoms. The summed E-state index contributed by atoms with van der Waals surface area (Å²) in [6, 6.07) is 23.9. The van der Waals surface area contributed by atoms with Gasteiger partial charge in [0.15, 0.2) is 0 Å². The van der Waals surface area contributed by atoms with Gasteiger partial charge in [0.05, 0.1) is 31.8 Å². The predicted molar refractivity (Wildman–Crippen MR) is 180 cm³/mol. The van der Waals surface area contributed by atoms with Gasteiger partial charge in [-0.2, -0.15) is 10.2 Å². The first kappa shape index (κ1) is 35.5. The fourth-order valence-electron chi connectivity index (χ4n) is 5.38. The van der Waals surface area contributed by atoms with Gasteiger partial charge in [0, 0.05) is 12.6 Å². The van der Waals surface area contributed by atoms with Gasteiger partial charge >= 0.3 is 11.8 Å². The lowest BCUT2D eigenvalue weighted by Gasteiger charge is -2.43. The summed E-state index contributed by atoms with van der Waals surface area (Å²) in [5.74, 6) is 0.0304. The van der Waals surface area contributed by atoms with Crippen LogP contribution in [-0.4, -0.2) is 56.0 Å². The van der Waals surface area contributed by atoms with Gasteiger partial charge in [0.25, 0.3) is 16.0 Å². The summed E-state index contributed by atoms with van der Waals surface area (Å²) in [7, 11) is -4.80. The molecule has 0 bridgehead atoms. The Morgan fingerprint density at radius 3 is 2.41 bits per heavy atom. The van der Waals surface area contributed by atoms with E-state index in [-0.39, 0.29) is 43.5 Å². The Morgan fingerprint density at radius 1 is 1.20 bits per heavy atom. The fourth-order valence-corrected chi connectivity index (χ4v) is 11.2. The molecule has 244 valence electrons. The third kappa shape index (κ3) is 8.69. The van der Waals surface area contributed by atoms with Crippen LogP contribution in [0.3, 0.4) is 0 Å². The van der Waals surface area contributed by atoms with Gasteiger partial charge in [0.1, 0.15) is 24.8 Å². The van der Waals surface area contributed by atoms with Crippen LogP contribution in [0.1, 0.15) is 39.8 Å². The highest BCUT2D eigenvalue weighted by Crippen LogP contribution is 2.49. The van der Waals surface area contributed by atoms with Crippen LogP contribution in [0.5, 0.6) is 0 Å². The van der Waals surface area contributed by atoms with Crippen molar-refractivity contribution in [1.29, 1.82) is 5.26 Å². The number of nitrogens with zero attached hydrogens (tertiary/aromatic N) is 3. The molecular weight excluding hydrogens is 647 g/mol. The van der Waals surface area contributed by atoms with Crippen LogP contribution < -0.4 is 21.4 Å². The van der Waals surface area contributed by atoms with Crippen LogP contribution >= 0.6 is 19.0 Å². The number of nitrogens with one attached hydrogen (secondary N) is 1. The summed E-state index contributed by atoms with van der Waals surface area (Å²) in [5, 5.41) is 13.2. The van der Waals surface area contributed by atoms with E-state index < -0.39 is 46.3 Å². The van der Waals surface area contributed by atoms with Crippen molar-refractivity contribution in [3.05, 3.63) is 96.1 Å². The average molecular weight is 685 g/mol. The Labute approximate surface area is 275 Å². The van der Waals surface area contributed by atoms with Gasteiger partial charge < -0.3 is 22.9 Å². The van der Waals surface area contributed by atoms with Crippen LogP contribution in [0.25, 0.3) is 0 Å². The Hall–Kier alpha value is -3.40. The number of halogens is 1. The van der Waals surface area contributed by atoms with Gasteiger partial charge in [0.2, 0.25) is 0 Å². The number of carbonyl (C=O) groups excluding carboxylic acids is 1. The number of benzene rings is 2. The Bertz CT molecular complexity index is 1510. The Balaban J connectivity index is 1.62. The number of carbonyl (C=O) groups is 1. The molecule has 2 aromatic carbocycles. The van der Waals surface area contributed by atoms with Gasteiger partial charge in [-0.25, -0.2) is 9.59 Å². The van der Waals surface area contributed by atoms with E-state index in [0.717, 1.165) is 10.4 Å². The van der Waals surface area contributed by atoms with E-state index in [1.165, 1.54) is 22.9 Å². The van der Waals surface area contributed by atoms with Gasteiger partial charge in [-0.1, -0.05) is 94.1 Å². The highest BCUT2D eigenvalue weighted by atomic mass is 35.7. The highest BCUT2D eigenvalue weighted by Gasteiger charge is 2.51. The summed E-state index contributed by atoms with van der Waals surface area (Å²) in [6.07, 6.45) is 0.566. The lowest BCUT2D eigenvalue weighted by atomic mass is 10.2. The molecule has 1 amide bonds. The van der Waals surface area contributed by atoms with Crippen molar-refractivity contribution in [2.24, 2.45) is 0 Å². The molecule has 0 aliphatic carbocycles. The van der Waals surface area contributed by atoms with Crippen molar-refractivity contribution in [3.63, 3.8) is 0 Å². The second kappa shape index (κ2) is 16.4. The van der Waals surface area contributed by atoms with Crippen LogP contribution in [0.15, 0.2) is 90.4 Å². The molecule has 1 saturated heterocycles. The maximum absolute atomic E-state index is 13.1. The van der Waals surface area contributed by atoms with Gasteiger partial charge in [-0.15, -0.1) is 0 Å². The number of ether oxygens (including phenoxy) is 2. The first-order chi connectivity index (χ1) is 22.1. The van der Waals surface area contributed by atoms with Crippen LogP contribution in [0.4, 0.5) is 10.6 Å². The van der Waals surface area contributed by atoms with Gasteiger partial charge in [-0.05, 0) is 32.7 Å². The van der Waals surface area contributed by atoms with E-state index in [2.05, 4.69) is 61.9 Å². The third-order valence-corrected chi connectivity index (χ3v) is 13.7. The summed E-state index contributed by atoms with van der Waals surface area (Å²) in [5.41, 5.74) is -0.641. The zero-order chi connectivity index (χ0) is 33.2. The molecule has 0 saturated carbocycles. The van der Waals surface area contributed by atoms with Crippen LogP contribution in [0.2, 0.25) is 5.04 Å². The fraction of sp³-hybridized carbons (Fsp3) is 0.375. The van der Waals surface area contributed by atoms with E-state index in [0.29, 0.717) is 0 Å². The third-order valence-electron chi connectivity index (χ3n) is 7.39. The normalized spacial score (nSPS) is 18.8. The smallest absolute Gasteiger partial charge is 0.413 e. The number of rotatable bonds is 14. The maximum atomic E-state index is 13.1. The SMILES string of the molecule is C=CCOC(=O)Nc1ccn([C@H]2C[C@H](OP(Cl)OCCC#N)[C@@H](CO[Si](c3ccccc3)(c3ccccc3)C(C)(C)C)O2)c(=O)n1. The lowest BCUT2D eigenvalue weighted by molar-refractivity contribution is -0.0386. The molecule has 1 aromatic heterocycles. The quantitative estimate of drug-likeness (QED) is 0.0994. The molecule has 4 atom stereocenters. The molecule has 0 radical (unpaired) electrons. The molecule has 1 N–H and O–H groups in total. The standard InChI is InChI=1S/C32H38ClN4O7PSi/c1-5-20-40-31(39)36-28-17-19-37(30(38)35-28)29-22-26(44-45(33)41-21-12-18-34)27(43-29)23-42-46(32(2,3)4,24-13-8-6-9-14-24)25-15-10-7-11-16-25/h5-11,13-17,19,26-27,29H,1,12,20-23H2,2-4H3,(H,35,36,38,39)/t26-,27+,29+,45?/m0/s1. The minimum absolute atomic E-state index is 0.0148. The molecule has 4 rings (SSSR count). The largest absolute Gasteiger partial charge is 0.445 e. The highest BCUT2D eigenvalue weighted by molar-refractivity contribution is 7.76. The summed E-state index contributed by atoms with van der Waals surface area (Å²) < 4.78 is 31.4. The van der Waals surface area contributed by atoms with E-state index in [9.17, 15) is 9.59 Å². The van der Waals surface area contributed by atoms with E-state index in [1.807, 2.05) is 42.5 Å². The van der Waals surface area contributed by atoms with Crippen LogP contribution in [-0.2, 0) is 22.9 Å². The predicted octanol–water partition coefficient (Wildman–Crippen LogP) is 5.62. The number of hydrogen-bond donors (Lipinski definition) is 1. The summed E-state index contributed by atoms with van der Waals surface area (Å²) in [4.78, 5) is 29.0. The van der Waals surface area contributed by atoms with Crippen molar-refractivity contribution in [2.75, 3.05) is 25.1 Å². The Kier molecular flexibility index (Phi) is 12.7. The zero-order valence-electron chi connectivity index (χ0n) is 26.0. The maximum Gasteiger partial charge on any atom is 0.413 e. The van der Waals surface area contributed by atoms with E-state index >= 15 is 0 Å². The lowest BCUT2D eigenvalue weighted by Crippen LogP contribution is -2.67. The topological polar surface area (TPSA) is 134 Å². The number of anilines is 1. The van der Waals surface area contributed by atoms with Gasteiger partial charge in [-0.3, -0.25) is 9.88 Å². The minimum Gasteiger partial charge on any atom is -0.445 e. The van der Waals surface area contributed by atoms with Crippen LogP contribution in [0, 0.1) is 11.3 Å². The number of hydrogen-bond acceptors (Lipinski definition) is 9. The molecule has 1 fully saturated rings. The number of aromatic nitrogens is 2. The van der Waals surface area contributed by atoms with E-state index in [1.54, 1.807) is 0 Å². The monoisotopic (exact) mass is 684 g/mol. The first-order valence-corrected chi connectivity index (χ1v) is 18.7. The average Bonchev–Trinajstić information content (AvgIpc) is 3.42. The molecule has 0 spiro atoms. The molecule has 1 aliphatic heterocycles. The van der Waals surface area contributed by atoms with Crippen molar-refractivity contribution in [2.45, 2.75) is 57.1 Å². The molecule has 11 nitrogen and oxygen atoms in total. The Morgan fingerprint density at radius 2 is 1.85 bits per heavy atom. The molecule has 2 heterocycles. The van der Waals surface area contributed by atoms with Crippen molar-refractivity contribution < 1.29 is 27.7 Å². The molecular formula is C32H38ClN4O7PSi. The summed E-state index contributed by atoms with van der Waals surface area (Å²) in [6.45, 7) is 10.3. The zero-order valence-corrected chi connectivity index (χ0v) is 28.7. The molecule has 46 heavy (non-hydrogen) atoms. The first-order valence-electron chi connectivity index (χ1n) is 14.8. The number of amides is 1.